The van der Waals surface area contributed by atoms with Gasteiger partial charge in [-0.2, -0.15) is 0 Å². The summed E-state index contributed by atoms with van der Waals surface area (Å²) in [6, 6.07) is -0.832. The number of ether oxygens (including phenoxy) is 1. The van der Waals surface area contributed by atoms with Gasteiger partial charge in [-0.25, -0.2) is 4.79 Å². The number of carboxylic acids is 1. The molecule has 1 fully saturated rings. The summed E-state index contributed by atoms with van der Waals surface area (Å²) >= 11 is 0. The molecule has 5 nitrogen and oxygen atoms in total. The largest absolute Gasteiger partial charge is 0.480 e. The van der Waals surface area contributed by atoms with Gasteiger partial charge in [-0.3, -0.25) is 4.79 Å². The van der Waals surface area contributed by atoms with Gasteiger partial charge in [0, 0.05) is 6.61 Å². The van der Waals surface area contributed by atoms with Crippen molar-refractivity contribution in [2.24, 2.45) is 5.92 Å². The second-order valence-electron chi connectivity index (χ2n) is 4.07. The highest BCUT2D eigenvalue weighted by Gasteiger charge is 2.29. The van der Waals surface area contributed by atoms with Crippen molar-refractivity contribution >= 4 is 11.9 Å². The minimum atomic E-state index is -1.00. The van der Waals surface area contributed by atoms with Crippen molar-refractivity contribution in [3.63, 3.8) is 0 Å². The minimum absolute atomic E-state index is 0.132. The SMILES string of the molecule is CC(C)C(NC(=O)[C@H]1CCCO1)C(=O)O. The number of carbonyl (C=O) groups is 2. The number of hydrogen-bond donors (Lipinski definition) is 2. The molecule has 1 rings (SSSR count). The van der Waals surface area contributed by atoms with Gasteiger partial charge >= 0.3 is 5.97 Å². The smallest absolute Gasteiger partial charge is 0.326 e. The summed E-state index contributed by atoms with van der Waals surface area (Å²) in [4.78, 5) is 22.4. The van der Waals surface area contributed by atoms with Crippen molar-refractivity contribution in [1.29, 1.82) is 0 Å². The topological polar surface area (TPSA) is 75.6 Å². The molecule has 1 amide bonds. The fourth-order valence-electron chi connectivity index (χ4n) is 1.54. The number of rotatable bonds is 4. The van der Waals surface area contributed by atoms with E-state index in [9.17, 15) is 9.59 Å². The van der Waals surface area contributed by atoms with Gasteiger partial charge in [-0.1, -0.05) is 13.8 Å². The summed E-state index contributed by atoms with van der Waals surface area (Å²) in [5.41, 5.74) is 0. The molecule has 0 aliphatic carbocycles. The van der Waals surface area contributed by atoms with Crippen LogP contribution in [0, 0.1) is 5.92 Å². The lowest BCUT2D eigenvalue weighted by Crippen LogP contribution is -2.48. The van der Waals surface area contributed by atoms with Crippen molar-refractivity contribution in [1.82, 2.24) is 5.32 Å². The van der Waals surface area contributed by atoms with Crippen LogP contribution in [0.2, 0.25) is 0 Å². The maximum atomic E-state index is 11.6. The van der Waals surface area contributed by atoms with Crippen molar-refractivity contribution in [3.8, 4) is 0 Å². The van der Waals surface area contributed by atoms with E-state index in [-0.39, 0.29) is 11.8 Å². The average molecular weight is 215 g/mol. The molecular formula is C10H17NO4. The second kappa shape index (κ2) is 5.11. The van der Waals surface area contributed by atoms with Gasteiger partial charge in [0.05, 0.1) is 0 Å². The van der Waals surface area contributed by atoms with Gasteiger partial charge < -0.3 is 15.2 Å². The Hall–Kier alpha value is -1.10. The van der Waals surface area contributed by atoms with Crippen molar-refractivity contribution < 1.29 is 19.4 Å². The minimum Gasteiger partial charge on any atom is -0.480 e. The number of amides is 1. The molecule has 1 saturated heterocycles. The van der Waals surface area contributed by atoms with Gasteiger partial charge in [-0.05, 0) is 18.8 Å². The molecule has 15 heavy (non-hydrogen) atoms. The molecule has 0 saturated carbocycles. The summed E-state index contributed by atoms with van der Waals surface area (Å²) in [7, 11) is 0. The zero-order valence-corrected chi connectivity index (χ0v) is 9.03. The van der Waals surface area contributed by atoms with Gasteiger partial charge in [0.1, 0.15) is 12.1 Å². The summed E-state index contributed by atoms with van der Waals surface area (Å²) in [6.07, 6.45) is 1.07. The predicted octanol–water partition coefficient (Wildman–Crippen LogP) is 0.391. The van der Waals surface area contributed by atoms with Gasteiger partial charge in [0.2, 0.25) is 5.91 Å². The lowest BCUT2D eigenvalue weighted by molar-refractivity contribution is -0.144. The molecule has 1 aliphatic heterocycles. The van der Waals surface area contributed by atoms with Crippen LogP contribution in [0.25, 0.3) is 0 Å². The first-order valence-corrected chi connectivity index (χ1v) is 5.17. The highest BCUT2D eigenvalue weighted by Crippen LogP contribution is 2.13. The molecule has 0 bridgehead atoms. The molecule has 2 atom stereocenters. The summed E-state index contributed by atoms with van der Waals surface area (Å²) < 4.78 is 5.17. The Kier molecular flexibility index (Phi) is 4.08. The Morgan fingerprint density at radius 2 is 2.13 bits per heavy atom. The lowest BCUT2D eigenvalue weighted by Gasteiger charge is -2.19. The van der Waals surface area contributed by atoms with Crippen molar-refractivity contribution in [2.75, 3.05) is 6.61 Å². The molecule has 0 spiro atoms. The van der Waals surface area contributed by atoms with E-state index >= 15 is 0 Å². The van der Waals surface area contributed by atoms with Gasteiger partial charge in [0.15, 0.2) is 0 Å². The van der Waals surface area contributed by atoms with Crippen molar-refractivity contribution in [2.45, 2.75) is 38.8 Å². The Morgan fingerprint density at radius 1 is 1.47 bits per heavy atom. The van der Waals surface area contributed by atoms with Gasteiger partial charge in [0.25, 0.3) is 0 Å². The third-order valence-corrected chi connectivity index (χ3v) is 2.45. The molecule has 0 aromatic carbocycles. The highest BCUT2D eigenvalue weighted by molar-refractivity contribution is 5.86. The lowest BCUT2D eigenvalue weighted by atomic mass is 10.0. The summed E-state index contributed by atoms with van der Waals surface area (Å²) in [6.45, 7) is 4.10. The van der Waals surface area contributed by atoms with Crippen LogP contribution in [0.3, 0.4) is 0 Å². The zero-order chi connectivity index (χ0) is 11.4. The van der Waals surface area contributed by atoms with E-state index in [1.54, 1.807) is 13.8 Å². The maximum absolute atomic E-state index is 11.6. The second-order valence-corrected chi connectivity index (χ2v) is 4.07. The van der Waals surface area contributed by atoms with Crippen LogP contribution in [-0.2, 0) is 14.3 Å². The molecular weight excluding hydrogens is 198 g/mol. The Balaban J connectivity index is 2.50. The molecule has 1 unspecified atom stereocenters. The van der Waals surface area contributed by atoms with Crippen LogP contribution in [0.5, 0.6) is 0 Å². The number of carbonyl (C=O) groups excluding carboxylic acids is 1. The third-order valence-electron chi connectivity index (χ3n) is 2.45. The van der Waals surface area contributed by atoms with Crippen LogP contribution in [-0.4, -0.2) is 35.7 Å². The Labute approximate surface area is 88.8 Å². The number of hydrogen-bond acceptors (Lipinski definition) is 3. The van der Waals surface area contributed by atoms with E-state index in [0.717, 1.165) is 6.42 Å². The van der Waals surface area contributed by atoms with E-state index in [1.807, 2.05) is 0 Å². The number of aliphatic carboxylic acids is 1. The van der Waals surface area contributed by atoms with Crippen LogP contribution < -0.4 is 5.32 Å². The summed E-state index contributed by atoms with van der Waals surface area (Å²) in [5.74, 6) is -1.45. The molecule has 86 valence electrons. The average Bonchev–Trinajstić information content (AvgIpc) is 2.65. The number of nitrogens with one attached hydrogen (secondary N) is 1. The van der Waals surface area contributed by atoms with E-state index in [2.05, 4.69) is 5.32 Å². The zero-order valence-electron chi connectivity index (χ0n) is 9.03. The molecule has 2 N–H and O–H groups in total. The first-order chi connectivity index (χ1) is 7.02. The highest BCUT2D eigenvalue weighted by atomic mass is 16.5. The Bertz CT molecular complexity index is 246. The fraction of sp³-hybridized carbons (Fsp3) is 0.800. The molecule has 5 heteroatoms. The van der Waals surface area contributed by atoms with E-state index < -0.39 is 18.1 Å². The maximum Gasteiger partial charge on any atom is 0.326 e. The van der Waals surface area contributed by atoms with E-state index in [4.69, 9.17) is 9.84 Å². The first-order valence-electron chi connectivity index (χ1n) is 5.17. The monoisotopic (exact) mass is 215 g/mol. The standard InChI is InChI=1S/C10H17NO4/c1-6(2)8(10(13)14)11-9(12)7-4-3-5-15-7/h6-8H,3-5H2,1-2H3,(H,11,12)(H,13,14)/t7-,8?/m1/s1. The molecule has 0 aromatic rings. The Morgan fingerprint density at radius 3 is 2.53 bits per heavy atom. The normalized spacial score (nSPS) is 22.7. The van der Waals surface area contributed by atoms with Crippen LogP contribution in [0.15, 0.2) is 0 Å². The molecule has 1 heterocycles. The number of carboxylic acid groups (broad SMARTS) is 1. The molecule has 0 aromatic heterocycles. The van der Waals surface area contributed by atoms with Crippen molar-refractivity contribution in [3.05, 3.63) is 0 Å². The van der Waals surface area contributed by atoms with Crippen LogP contribution in [0.1, 0.15) is 26.7 Å². The quantitative estimate of drug-likeness (QED) is 0.711. The first kappa shape index (κ1) is 12.0. The van der Waals surface area contributed by atoms with Gasteiger partial charge in [-0.15, -0.1) is 0 Å². The molecule has 1 aliphatic rings. The van der Waals surface area contributed by atoms with Crippen LogP contribution >= 0.6 is 0 Å². The molecule has 0 radical (unpaired) electrons. The van der Waals surface area contributed by atoms with Crippen LogP contribution in [0.4, 0.5) is 0 Å². The predicted molar refractivity (Wildman–Crippen MR) is 53.4 cm³/mol. The van der Waals surface area contributed by atoms with E-state index in [0.29, 0.717) is 13.0 Å². The fourth-order valence-corrected chi connectivity index (χ4v) is 1.54. The third kappa shape index (κ3) is 3.20. The van der Waals surface area contributed by atoms with E-state index in [1.165, 1.54) is 0 Å². The summed E-state index contributed by atoms with van der Waals surface area (Å²) in [5, 5.41) is 11.4.